The fraction of sp³-hybridized carbons (Fsp3) is 0.522. The van der Waals surface area contributed by atoms with Gasteiger partial charge in [0.25, 0.3) is 5.56 Å². The first-order valence-corrected chi connectivity index (χ1v) is 45.8. The van der Waals surface area contributed by atoms with E-state index in [4.69, 9.17) is 49.8 Å². The SMILES string of the molecule is C#C[C@@]1(c2ccc3c(C)ncnn23)O[C@H](CO)[C@@H](O)[C@@]1(C)O.CO[C@@]1(c2ccc3c(C)ncnn23)O[C@H](CO)[C@@H](O)[C@H]1O.Cc1ncnn2c(C3(O)O[C@H](CO)[C@@H](O)[C@@]3(C)O)cnc12.Cc1ncnn2c([C@]3(C#N)O[C@H](CO)[C@@H](O)[C@H]3O)ccc12.Cc1ncnn2c([C@]3(C)O[C@H](CO)[C@@H](O)[C@H]3O)ccc12.Cc1ncnn2c([C@]3(N=[N+]=[N-])O[C@H](CO)[C@@H](O)[C@H]3O)ccc12.Cc1nn2c([C@]3(O)O[C@H](CO)[C@@H](O)[C@@]3(C)O)cnc2c(=O)[nH]1. The van der Waals surface area contributed by atoms with E-state index in [0.29, 0.717) is 56.4 Å². The third-order valence-electron chi connectivity index (χ3n) is 27.8. The number of hydrogen-bond acceptors (Lipinski definition) is 49. The first-order valence-electron chi connectivity index (χ1n) is 45.8. The van der Waals surface area contributed by atoms with Gasteiger partial charge >= 0.3 is 0 Å². The van der Waals surface area contributed by atoms with Gasteiger partial charge in [0.1, 0.15) is 199 Å². The van der Waals surface area contributed by atoms with Crippen molar-refractivity contribution in [1.82, 2.24) is 112 Å². The van der Waals surface area contributed by atoms with E-state index in [1.807, 2.05) is 32.9 Å². The molecule has 14 aromatic heterocycles. The maximum Gasteiger partial charge on any atom is 0.294 e. The Balaban J connectivity index is 0.000000130. The van der Waals surface area contributed by atoms with E-state index in [9.17, 15) is 128 Å². The summed E-state index contributed by atoms with van der Waals surface area (Å²) < 4.78 is 53.8. The lowest BCUT2D eigenvalue weighted by Crippen LogP contribution is -2.53. The van der Waals surface area contributed by atoms with Crippen molar-refractivity contribution in [2.45, 2.75) is 243 Å². The zero-order valence-corrected chi connectivity index (χ0v) is 81.4. The number of aromatic amines is 1. The van der Waals surface area contributed by atoms with Crippen LogP contribution < -0.4 is 5.56 Å². The van der Waals surface area contributed by atoms with E-state index >= 15 is 0 Å². The van der Waals surface area contributed by atoms with Gasteiger partial charge in [-0.1, -0.05) is 5.92 Å². The minimum atomic E-state index is -2.40. The van der Waals surface area contributed by atoms with Gasteiger partial charge in [-0.05, 0) is 147 Å². The lowest BCUT2D eigenvalue weighted by molar-refractivity contribution is -0.276. The average molecular weight is 2080 g/mol. The predicted octanol–water partition coefficient (Wildman–Crippen LogP) is -8.38. The Hall–Kier alpha value is -12.9. The summed E-state index contributed by atoms with van der Waals surface area (Å²) in [7, 11) is 1.36. The second kappa shape index (κ2) is 41.8. The molecular weight excluding hydrogens is 1970 g/mol. The van der Waals surface area contributed by atoms with Crippen molar-refractivity contribution in [3.63, 3.8) is 0 Å². The summed E-state index contributed by atoms with van der Waals surface area (Å²) in [6.07, 6.45) is -6.04. The van der Waals surface area contributed by atoms with Crippen molar-refractivity contribution in [3.05, 3.63) is 212 Å². The van der Waals surface area contributed by atoms with Gasteiger partial charge in [-0.25, -0.2) is 71.5 Å². The van der Waals surface area contributed by atoms with Crippen LogP contribution in [0.15, 0.2) is 121 Å². The lowest BCUT2D eigenvalue weighted by atomic mass is 9.80. The molecule has 7 aliphatic rings. The number of aliphatic hydroxyl groups is 23. The first-order chi connectivity index (χ1) is 70.6. The van der Waals surface area contributed by atoms with Crippen molar-refractivity contribution in [1.29, 1.82) is 5.26 Å². The van der Waals surface area contributed by atoms with Crippen LogP contribution in [0.5, 0.6) is 0 Å². The molecule has 59 heteroatoms. The third-order valence-corrected chi connectivity index (χ3v) is 27.8. The van der Waals surface area contributed by atoms with Crippen molar-refractivity contribution >= 4 is 38.9 Å². The summed E-state index contributed by atoms with van der Waals surface area (Å²) in [4.78, 5) is 49.3. The molecule has 21 heterocycles. The van der Waals surface area contributed by atoms with E-state index in [-0.39, 0.29) is 40.9 Å². The molecule has 0 spiro atoms. The molecule has 0 bridgehead atoms. The van der Waals surface area contributed by atoms with Crippen LogP contribution in [0.3, 0.4) is 0 Å². The maximum absolute atomic E-state index is 11.8. The van der Waals surface area contributed by atoms with Crippen LogP contribution in [0, 0.1) is 72.1 Å². The molecule has 0 radical (unpaired) electrons. The highest BCUT2D eigenvalue weighted by Gasteiger charge is 2.68. The molecule has 21 rings (SSSR count). The topological polar surface area (TPSA) is 869 Å². The molecule has 7 aliphatic heterocycles. The van der Waals surface area contributed by atoms with Crippen molar-refractivity contribution in [2.24, 2.45) is 5.11 Å². The molecule has 28 atom stereocenters. The second-order valence-electron chi connectivity index (χ2n) is 36.7. The minimum absolute atomic E-state index is 0.0444. The summed E-state index contributed by atoms with van der Waals surface area (Å²) in [6.45, 7) is 14.3. The largest absolute Gasteiger partial charge is 0.394 e. The maximum atomic E-state index is 11.8. The fourth-order valence-electron chi connectivity index (χ4n) is 19.1. The van der Waals surface area contributed by atoms with Crippen LogP contribution in [-0.4, -0.2) is 410 Å². The summed E-state index contributed by atoms with van der Waals surface area (Å²) in [5.41, 5.74) is 5.92. The molecular formula is C90H111N27O32. The Morgan fingerprint density at radius 3 is 1.17 bits per heavy atom. The number of aromatic nitrogens is 23. The van der Waals surface area contributed by atoms with Crippen LogP contribution in [0.4, 0.5) is 0 Å². The van der Waals surface area contributed by atoms with Gasteiger partial charge in [0.05, 0.1) is 143 Å². The summed E-state index contributed by atoms with van der Waals surface area (Å²) in [5.74, 6) is -3.54. The summed E-state index contributed by atoms with van der Waals surface area (Å²) in [5, 5.41) is 271. The number of azide groups is 1. The number of aryl methyl sites for hydroxylation is 7. The number of hydrogen-bond donors (Lipinski definition) is 24. The van der Waals surface area contributed by atoms with Gasteiger partial charge < -0.3 is 160 Å². The Labute approximate surface area is 839 Å². The smallest absolute Gasteiger partial charge is 0.294 e. The Morgan fingerprint density at radius 2 is 0.758 bits per heavy atom. The quantitative estimate of drug-likeness (QED) is 0.0185. The summed E-state index contributed by atoms with van der Waals surface area (Å²) >= 11 is 0. The number of nitrogens with one attached hydrogen (secondary N) is 1. The molecule has 7 saturated heterocycles. The Kier molecular flexibility index (Phi) is 30.9. The number of nitrogens with zero attached hydrogens (tertiary/aromatic N) is 26. The van der Waals surface area contributed by atoms with Gasteiger partial charge in [-0.3, -0.25) is 4.79 Å². The zero-order chi connectivity index (χ0) is 109. The molecule has 7 fully saturated rings. The van der Waals surface area contributed by atoms with Gasteiger partial charge in [-0.15, -0.1) is 6.42 Å². The number of aliphatic hydroxyl groups excluding tert-OH is 18. The number of ether oxygens (including phenoxy) is 8. The number of methoxy groups -OCH3 is 1. The molecule has 149 heavy (non-hydrogen) atoms. The number of imidazole rings is 2. The monoisotopic (exact) mass is 2080 g/mol. The second-order valence-corrected chi connectivity index (χ2v) is 36.7. The highest BCUT2D eigenvalue weighted by atomic mass is 16.7. The fourth-order valence-corrected chi connectivity index (χ4v) is 19.1. The molecule has 798 valence electrons. The van der Waals surface area contributed by atoms with E-state index in [1.54, 1.807) is 91.3 Å². The van der Waals surface area contributed by atoms with Crippen molar-refractivity contribution in [2.75, 3.05) is 53.4 Å². The average Bonchev–Trinajstić information content (AvgIpc) is 1.54. The predicted molar refractivity (Wildman–Crippen MR) is 497 cm³/mol. The van der Waals surface area contributed by atoms with Gasteiger partial charge in [-0.2, -0.15) is 41.0 Å². The van der Waals surface area contributed by atoms with Gasteiger partial charge in [0, 0.05) is 12.0 Å². The molecule has 0 aromatic carbocycles. The summed E-state index contributed by atoms with van der Waals surface area (Å²) in [6, 6.07) is 19.0. The van der Waals surface area contributed by atoms with E-state index < -0.39 is 212 Å². The Morgan fingerprint density at radius 1 is 0.403 bits per heavy atom. The lowest BCUT2D eigenvalue weighted by Gasteiger charge is -2.34. The first kappa shape index (κ1) is 110. The zero-order valence-electron chi connectivity index (χ0n) is 81.4. The molecule has 59 nitrogen and oxygen atoms in total. The van der Waals surface area contributed by atoms with Crippen LogP contribution >= 0.6 is 0 Å². The number of terminal acetylenes is 1. The van der Waals surface area contributed by atoms with E-state index in [1.165, 1.54) is 90.1 Å². The molecule has 0 amide bonds. The molecule has 1 unspecified atom stereocenters. The Bertz CT molecular complexity index is 7350. The van der Waals surface area contributed by atoms with Crippen LogP contribution in [-0.2, 0) is 77.8 Å². The van der Waals surface area contributed by atoms with Crippen molar-refractivity contribution < 1.29 is 155 Å². The minimum Gasteiger partial charge on any atom is -0.394 e. The molecule has 24 N–H and O–H groups in total. The van der Waals surface area contributed by atoms with E-state index in [2.05, 4.69) is 96.5 Å². The van der Waals surface area contributed by atoms with Gasteiger partial charge in [0.2, 0.25) is 39.9 Å². The highest BCUT2D eigenvalue weighted by molar-refractivity contribution is 5.58. The third kappa shape index (κ3) is 17.8. The molecule has 0 saturated carbocycles. The molecule has 0 aliphatic carbocycles. The van der Waals surface area contributed by atoms with Crippen molar-refractivity contribution in [3.8, 4) is 18.4 Å². The number of rotatable bonds is 16. The van der Waals surface area contributed by atoms with Crippen LogP contribution in [0.1, 0.15) is 108 Å². The standard InChI is InChI=1S/C15H17N3O4.C13H14N4O4.C13H17N3O5.C13H17N3O4.C12H14N6O4.C12H16N4O6.C12H16N4O5/c1-4-15(14(3,21)13(20)11(7-19)22-15)12-6-5-10-9(2)16-8-17-18(10)12;1-7-8-2-3-10(17(8)16-6-15-7)13(5-14)12(20)11(19)9(4-18)21-13;1-7-8-3-4-10(16(8)15-6-14-7)13(20-2)12(19)11(18)9(5-17)21-13;1-7-8-3-4-10(16(8)15-6-14-7)13(2)12(19)11(18)9(5-17)20-13;1-6-7-2-3-9(18(7)15-5-14-6)12(16-17-13)11(21)10(20)8(4-19)22-12;1-5-14-10(19)9-13-3-7(16(9)15-5)12(21)11(2,20)8(18)6(4-17)22-12;1-6-10-13-3-8(16(10)15-5-14-6)12(20)11(2,19)9(18)7(4-17)21-12/h1,5-6,8,11,13,19-21H,7H2,2-3H3;2-3,6,9,11-12,18-20H,4H2,1H3;3-4,6,9,11-12,17-19H,5H2,1-2H3;3-4,6,9,11-12,17-19H,5H2,1-2H3;2-3,5,8,10-11,19-21H,4H2,1H3;3,6,8,17-18,20-21H,4H2,1-2H3,(H,14,15,19);3,5,7,9,17-20H,4H2,1-2H3/t11-,13-,14-,15+;3*9-,11-,12-,13+;8-,10-,11-,12+;6-,8-,11-,12+;7-,9-,11-,12?/m1111111/s1. The van der Waals surface area contributed by atoms with Gasteiger partial charge in [0.15, 0.2) is 5.65 Å². The highest BCUT2D eigenvalue weighted by Crippen LogP contribution is 2.51. The number of fused-ring (bicyclic) bond motifs is 7. The van der Waals surface area contributed by atoms with Crippen LogP contribution in [0.25, 0.3) is 49.3 Å². The molecule has 14 aromatic rings. The van der Waals surface area contributed by atoms with Crippen LogP contribution in [0.2, 0.25) is 0 Å². The normalized spacial score (nSPS) is 33.9. The van der Waals surface area contributed by atoms with E-state index in [0.717, 1.165) is 45.8 Å². The number of H-pyrrole nitrogens is 1. The number of nitriles is 1.